The van der Waals surface area contributed by atoms with Gasteiger partial charge in [-0.1, -0.05) is 18.2 Å². The summed E-state index contributed by atoms with van der Waals surface area (Å²) in [6.07, 6.45) is 3.38. The first-order valence-corrected chi connectivity index (χ1v) is 6.96. The Labute approximate surface area is 124 Å². The molecule has 0 saturated heterocycles. The van der Waals surface area contributed by atoms with Gasteiger partial charge in [-0.05, 0) is 41.2 Å². The number of para-hydroxylation sites is 1. The first-order valence-electron chi connectivity index (χ1n) is 6.17. The van der Waals surface area contributed by atoms with E-state index in [2.05, 4.69) is 31.4 Å². The third-order valence-electron chi connectivity index (χ3n) is 2.99. The number of aromatic nitrogens is 3. The fourth-order valence-electron chi connectivity index (χ4n) is 2.02. The molecule has 0 saturated carbocycles. The van der Waals surface area contributed by atoms with E-state index in [1.165, 1.54) is 0 Å². The van der Waals surface area contributed by atoms with Crippen LogP contribution in [0.3, 0.4) is 0 Å². The smallest absolute Gasteiger partial charge is 0.141 e. The number of furan rings is 1. The Hall–Kier alpha value is -1.92. The van der Waals surface area contributed by atoms with Gasteiger partial charge in [-0.2, -0.15) is 15.0 Å². The van der Waals surface area contributed by atoms with Gasteiger partial charge in [-0.3, -0.25) is 0 Å². The van der Waals surface area contributed by atoms with Crippen molar-refractivity contribution >= 4 is 15.9 Å². The average molecular weight is 333 g/mol. The minimum Gasteiger partial charge on any atom is -0.466 e. The number of hydrogen-bond donors (Lipinski definition) is 1. The summed E-state index contributed by atoms with van der Waals surface area (Å²) in [6.45, 7) is 0. The van der Waals surface area contributed by atoms with Crippen LogP contribution in [0, 0.1) is 0 Å². The molecule has 1 unspecified atom stereocenters. The van der Waals surface area contributed by atoms with E-state index in [-0.39, 0.29) is 6.04 Å². The molecule has 0 bridgehead atoms. The Balaban J connectivity index is 1.95. The molecule has 1 aromatic carbocycles. The van der Waals surface area contributed by atoms with Crippen LogP contribution in [0.1, 0.15) is 17.5 Å². The molecule has 0 spiro atoms. The second-order valence-corrected chi connectivity index (χ2v) is 5.10. The van der Waals surface area contributed by atoms with Crippen LogP contribution in [0.15, 0.2) is 57.7 Å². The molecule has 1 atom stereocenters. The first-order chi connectivity index (χ1) is 9.79. The van der Waals surface area contributed by atoms with Crippen molar-refractivity contribution in [1.82, 2.24) is 20.3 Å². The number of rotatable bonds is 4. The van der Waals surface area contributed by atoms with Crippen LogP contribution in [-0.4, -0.2) is 22.0 Å². The molecular formula is C14H13BrN4O. The van der Waals surface area contributed by atoms with Gasteiger partial charge in [-0.25, -0.2) is 0 Å². The molecule has 0 fully saturated rings. The van der Waals surface area contributed by atoms with Gasteiger partial charge in [0.15, 0.2) is 0 Å². The van der Waals surface area contributed by atoms with Gasteiger partial charge in [0.2, 0.25) is 0 Å². The van der Waals surface area contributed by atoms with E-state index in [9.17, 15) is 0 Å². The molecule has 0 aliphatic heterocycles. The highest BCUT2D eigenvalue weighted by Gasteiger charge is 2.21. The minimum atomic E-state index is -0.142. The Bertz CT molecular complexity index is 692. The van der Waals surface area contributed by atoms with Gasteiger partial charge >= 0.3 is 0 Å². The fourth-order valence-corrected chi connectivity index (χ4v) is 2.45. The number of nitrogens with one attached hydrogen (secondary N) is 1. The predicted octanol–water partition coefficient (Wildman–Crippen LogP) is 2.93. The summed E-state index contributed by atoms with van der Waals surface area (Å²) < 4.78 is 6.41. The Morgan fingerprint density at radius 3 is 2.70 bits per heavy atom. The third kappa shape index (κ3) is 2.39. The van der Waals surface area contributed by atoms with Crippen molar-refractivity contribution in [3.63, 3.8) is 0 Å². The number of nitrogens with zero attached hydrogens (tertiary/aromatic N) is 3. The van der Waals surface area contributed by atoms with Crippen molar-refractivity contribution in [3.8, 4) is 5.69 Å². The predicted molar refractivity (Wildman–Crippen MR) is 78.7 cm³/mol. The molecule has 102 valence electrons. The molecule has 0 amide bonds. The van der Waals surface area contributed by atoms with Crippen molar-refractivity contribution in [2.45, 2.75) is 6.04 Å². The molecule has 3 rings (SSSR count). The van der Waals surface area contributed by atoms with Crippen LogP contribution in [0.5, 0.6) is 0 Å². The van der Waals surface area contributed by atoms with Crippen molar-refractivity contribution in [2.24, 2.45) is 0 Å². The summed E-state index contributed by atoms with van der Waals surface area (Å²) in [5, 5.41) is 12.0. The first kappa shape index (κ1) is 13.1. The van der Waals surface area contributed by atoms with Crippen LogP contribution >= 0.6 is 15.9 Å². The molecule has 3 aromatic rings. The molecule has 5 nitrogen and oxygen atoms in total. The van der Waals surface area contributed by atoms with Crippen LogP contribution in [-0.2, 0) is 0 Å². The summed E-state index contributed by atoms with van der Waals surface area (Å²) in [5.74, 6) is 0.785. The molecule has 6 heteroatoms. The SMILES string of the molecule is CNC(c1cnn(-c2ccccc2)n1)c1occc1Br. The van der Waals surface area contributed by atoms with Crippen LogP contribution in [0.4, 0.5) is 0 Å². The molecule has 2 aromatic heterocycles. The lowest BCUT2D eigenvalue weighted by atomic mass is 10.2. The van der Waals surface area contributed by atoms with Crippen molar-refractivity contribution < 1.29 is 4.42 Å². The quantitative estimate of drug-likeness (QED) is 0.798. The third-order valence-corrected chi connectivity index (χ3v) is 3.64. The molecule has 0 aliphatic rings. The summed E-state index contributed by atoms with van der Waals surface area (Å²) in [4.78, 5) is 1.61. The van der Waals surface area contributed by atoms with Crippen molar-refractivity contribution in [1.29, 1.82) is 0 Å². The number of halogens is 1. The van der Waals surface area contributed by atoms with E-state index in [0.29, 0.717) is 0 Å². The topological polar surface area (TPSA) is 55.9 Å². The number of benzene rings is 1. The van der Waals surface area contributed by atoms with E-state index in [0.717, 1.165) is 21.6 Å². The molecule has 0 aliphatic carbocycles. The highest BCUT2D eigenvalue weighted by atomic mass is 79.9. The summed E-state index contributed by atoms with van der Waals surface area (Å²) >= 11 is 3.47. The lowest BCUT2D eigenvalue weighted by molar-refractivity contribution is 0.455. The Kier molecular flexibility index (Phi) is 3.66. The Morgan fingerprint density at radius 1 is 1.25 bits per heavy atom. The van der Waals surface area contributed by atoms with Gasteiger partial charge in [0.25, 0.3) is 0 Å². The maximum atomic E-state index is 5.50. The largest absolute Gasteiger partial charge is 0.466 e. The van der Waals surface area contributed by atoms with E-state index >= 15 is 0 Å². The summed E-state index contributed by atoms with van der Waals surface area (Å²) in [7, 11) is 1.86. The lowest BCUT2D eigenvalue weighted by Crippen LogP contribution is -2.18. The van der Waals surface area contributed by atoms with Crippen LogP contribution < -0.4 is 5.32 Å². The van der Waals surface area contributed by atoms with E-state index < -0.39 is 0 Å². The normalized spacial score (nSPS) is 12.5. The molecule has 2 heterocycles. The molecule has 0 radical (unpaired) electrons. The highest BCUT2D eigenvalue weighted by Crippen LogP contribution is 2.28. The van der Waals surface area contributed by atoms with Gasteiger partial charge in [0.1, 0.15) is 17.5 Å². The van der Waals surface area contributed by atoms with Gasteiger partial charge in [0, 0.05) is 0 Å². The summed E-state index contributed by atoms with van der Waals surface area (Å²) in [6, 6.07) is 11.5. The Morgan fingerprint density at radius 2 is 2.05 bits per heavy atom. The molecule has 20 heavy (non-hydrogen) atoms. The maximum absolute atomic E-state index is 5.50. The zero-order chi connectivity index (χ0) is 13.9. The van der Waals surface area contributed by atoms with Crippen molar-refractivity contribution in [3.05, 3.63) is 64.8 Å². The van der Waals surface area contributed by atoms with E-state index in [1.807, 2.05) is 43.4 Å². The van der Waals surface area contributed by atoms with E-state index in [4.69, 9.17) is 4.42 Å². The highest BCUT2D eigenvalue weighted by molar-refractivity contribution is 9.10. The van der Waals surface area contributed by atoms with E-state index in [1.54, 1.807) is 17.3 Å². The maximum Gasteiger partial charge on any atom is 0.141 e. The summed E-state index contributed by atoms with van der Waals surface area (Å²) in [5.41, 5.74) is 1.72. The van der Waals surface area contributed by atoms with Gasteiger partial charge in [0.05, 0.1) is 22.6 Å². The minimum absolute atomic E-state index is 0.142. The second-order valence-electron chi connectivity index (χ2n) is 4.25. The monoisotopic (exact) mass is 332 g/mol. The zero-order valence-corrected chi connectivity index (χ0v) is 12.4. The second kappa shape index (κ2) is 5.60. The standard InChI is InChI=1S/C14H13BrN4O/c1-16-13(14-11(15)7-8-20-14)12-9-17-19(18-12)10-5-3-2-4-6-10/h2-9,13,16H,1H3. The zero-order valence-electron chi connectivity index (χ0n) is 10.8. The lowest BCUT2D eigenvalue weighted by Gasteiger charge is -2.10. The molecule has 1 N–H and O–H groups in total. The van der Waals surface area contributed by atoms with Crippen LogP contribution in [0.25, 0.3) is 5.69 Å². The van der Waals surface area contributed by atoms with Gasteiger partial charge in [-0.15, -0.1) is 0 Å². The fraction of sp³-hybridized carbons (Fsp3) is 0.143. The number of hydrogen-bond acceptors (Lipinski definition) is 4. The van der Waals surface area contributed by atoms with Gasteiger partial charge < -0.3 is 9.73 Å². The van der Waals surface area contributed by atoms with Crippen molar-refractivity contribution in [2.75, 3.05) is 7.05 Å². The molecular weight excluding hydrogens is 320 g/mol. The van der Waals surface area contributed by atoms with Crippen LogP contribution in [0.2, 0.25) is 0 Å². The average Bonchev–Trinajstić information content (AvgIpc) is 3.12.